The molecule has 3 fully saturated rings. The summed E-state index contributed by atoms with van der Waals surface area (Å²) in [6.07, 6.45) is -11.3. The molecule has 0 saturated carbocycles. The first-order valence-corrected chi connectivity index (χ1v) is 10.2. The van der Waals surface area contributed by atoms with Gasteiger partial charge in [-0.05, 0) is 27.7 Å². The van der Waals surface area contributed by atoms with E-state index in [0.29, 0.717) is 4.68 Å². The molecule has 0 spiro atoms. The summed E-state index contributed by atoms with van der Waals surface area (Å²) in [6, 6.07) is 0. The molecule has 5 atom stereocenters. The van der Waals surface area contributed by atoms with Gasteiger partial charge in [-0.25, -0.2) is 4.68 Å². The number of aromatic nitrogens is 3. The van der Waals surface area contributed by atoms with Gasteiger partial charge in [-0.1, -0.05) is 5.21 Å². The van der Waals surface area contributed by atoms with Crippen molar-refractivity contribution in [2.75, 3.05) is 0 Å². The highest BCUT2D eigenvalue weighted by Crippen LogP contribution is 2.56. The predicted molar refractivity (Wildman–Crippen MR) is 92.4 cm³/mol. The van der Waals surface area contributed by atoms with Gasteiger partial charge in [0, 0.05) is 0 Å². The lowest BCUT2D eigenvalue weighted by Gasteiger charge is -2.37. The minimum atomic E-state index is -7.05. The van der Waals surface area contributed by atoms with Crippen LogP contribution in [0.15, 0.2) is 6.20 Å². The minimum absolute atomic E-state index is 0.127. The van der Waals surface area contributed by atoms with Crippen molar-refractivity contribution in [1.82, 2.24) is 15.0 Å². The number of hydrogen-bond acceptors (Lipinski definition) is 7. The van der Waals surface area contributed by atoms with Crippen LogP contribution in [0.2, 0.25) is 0 Å². The summed E-state index contributed by atoms with van der Waals surface area (Å²) in [5, 5.41) is 5.90. The topological polar surface area (TPSA) is 76.9 Å². The molecule has 0 radical (unpaired) electrons. The van der Waals surface area contributed by atoms with Crippen molar-refractivity contribution >= 4 is 0 Å². The molecule has 4 rings (SSSR count). The van der Waals surface area contributed by atoms with Crippen LogP contribution >= 0.6 is 0 Å². The fraction of sp³-hybridized carbons (Fsp3) is 0.889. The highest BCUT2D eigenvalue weighted by molar-refractivity contribution is 5.13. The number of halogens is 9. The van der Waals surface area contributed by atoms with E-state index in [1.165, 1.54) is 0 Å². The number of nitrogens with zero attached hydrogens (tertiary/aromatic N) is 3. The highest BCUT2D eigenvalue weighted by Gasteiger charge is 2.82. The van der Waals surface area contributed by atoms with E-state index in [-0.39, 0.29) is 6.20 Å². The van der Waals surface area contributed by atoms with Gasteiger partial charge in [0.1, 0.15) is 24.4 Å². The molecule has 0 unspecified atom stereocenters. The minimum Gasteiger partial charge on any atom is -0.342 e. The summed E-state index contributed by atoms with van der Waals surface area (Å²) in [5.41, 5.74) is -2.10. The summed E-state index contributed by atoms with van der Waals surface area (Å²) in [4.78, 5) is 0. The Morgan fingerprint density at radius 1 is 0.800 bits per heavy atom. The maximum Gasteiger partial charge on any atom is 0.460 e. The standard InChI is InChI=1S/C18H20F9N3O5/c1-13(2)32-9-7(31-12-11(10(9)33-13)34-14(3,4)35-12)5-30-6-8(28-29-30)15(19,20)16(21,22)17(23,24)18(25,26)27/h6-7,9-12H,5H2,1-4H3/t7-,9+,10+,11-,12-/m1/s1. The van der Waals surface area contributed by atoms with Gasteiger partial charge in [0.2, 0.25) is 0 Å². The average molecular weight is 529 g/mol. The summed E-state index contributed by atoms with van der Waals surface area (Å²) in [6.45, 7) is 5.85. The second-order valence-electron chi connectivity index (χ2n) is 9.25. The van der Waals surface area contributed by atoms with Crippen LogP contribution in [0.25, 0.3) is 0 Å². The van der Waals surface area contributed by atoms with E-state index >= 15 is 0 Å². The molecule has 35 heavy (non-hydrogen) atoms. The molecule has 0 aliphatic carbocycles. The van der Waals surface area contributed by atoms with E-state index in [0.717, 1.165) is 0 Å². The van der Waals surface area contributed by atoms with E-state index in [1.807, 2.05) is 0 Å². The number of rotatable bonds is 5. The first kappa shape index (κ1) is 26.4. The zero-order valence-corrected chi connectivity index (χ0v) is 18.5. The Morgan fingerprint density at radius 2 is 1.34 bits per heavy atom. The van der Waals surface area contributed by atoms with Crippen LogP contribution in [0, 0.1) is 0 Å². The van der Waals surface area contributed by atoms with E-state index in [1.54, 1.807) is 27.7 Å². The molecule has 0 N–H and O–H groups in total. The van der Waals surface area contributed by atoms with Crippen LogP contribution < -0.4 is 0 Å². The quantitative estimate of drug-likeness (QED) is 0.540. The molecule has 17 heteroatoms. The van der Waals surface area contributed by atoms with Crippen molar-refractivity contribution < 1.29 is 63.2 Å². The first-order valence-electron chi connectivity index (χ1n) is 10.2. The van der Waals surface area contributed by atoms with Crippen molar-refractivity contribution in [3.63, 3.8) is 0 Å². The Kier molecular flexibility index (Phi) is 5.77. The molecule has 3 saturated heterocycles. The van der Waals surface area contributed by atoms with Crippen LogP contribution in [-0.4, -0.2) is 75.3 Å². The third-order valence-electron chi connectivity index (χ3n) is 5.62. The number of hydrogen-bond donors (Lipinski definition) is 0. The van der Waals surface area contributed by atoms with Gasteiger partial charge in [0.25, 0.3) is 0 Å². The molecule has 3 aliphatic rings. The smallest absolute Gasteiger partial charge is 0.342 e. The van der Waals surface area contributed by atoms with Gasteiger partial charge in [-0.3, -0.25) is 0 Å². The first-order chi connectivity index (χ1) is 15.7. The zero-order chi connectivity index (χ0) is 26.4. The van der Waals surface area contributed by atoms with Crippen molar-refractivity contribution in [1.29, 1.82) is 0 Å². The maximum absolute atomic E-state index is 14.2. The third-order valence-corrected chi connectivity index (χ3v) is 5.62. The van der Waals surface area contributed by atoms with E-state index in [9.17, 15) is 39.5 Å². The van der Waals surface area contributed by atoms with Crippen LogP contribution in [-0.2, 0) is 36.2 Å². The average Bonchev–Trinajstić information content (AvgIpc) is 3.35. The fourth-order valence-corrected chi connectivity index (χ4v) is 4.09. The Labute approximate surface area is 191 Å². The summed E-state index contributed by atoms with van der Waals surface area (Å²) < 4.78 is 149. The molecule has 200 valence electrons. The normalized spacial score (nSPS) is 33.0. The monoisotopic (exact) mass is 529 g/mol. The molecular formula is C18H20F9N3O5. The summed E-state index contributed by atoms with van der Waals surface area (Å²) in [7, 11) is 0. The van der Waals surface area contributed by atoms with E-state index in [2.05, 4.69) is 10.3 Å². The number of alkyl halides is 9. The summed E-state index contributed by atoms with van der Waals surface area (Å²) in [5.74, 6) is -22.1. The lowest BCUT2D eigenvalue weighted by atomic mass is 9.99. The lowest BCUT2D eigenvalue weighted by Crippen LogP contribution is -2.59. The molecule has 0 bridgehead atoms. The highest BCUT2D eigenvalue weighted by atomic mass is 19.4. The van der Waals surface area contributed by atoms with Gasteiger partial charge in [-0.2, -0.15) is 39.5 Å². The van der Waals surface area contributed by atoms with Crippen molar-refractivity contribution in [2.24, 2.45) is 0 Å². The van der Waals surface area contributed by atoms with Crippen LogP contribution in [0.5, 0.6) is 0 Å². The van der Waals surface area contributed by atoms with Gasteiger partial charge >= 0.3 is 23.9 Å². The molecule has 3 aliphatic heterocycles. The molecule has 1 aromatic rings. The molecule has 0 amide bonds. The second kappa shape index (κ2) is 7.66. The van der Waals surface area contributed by atoms with Crippen LogP contribution in [0.3, 0.4) is 0 Å². The zero-order valence-electron chi connectivity index (χ0n) is 18.5. The molecule has 4 heterocycles. The van der Waals surface area contributed by atoms with E-state index < -0.39 is 78.5 Å². The summed E-state index contributed by atoms with van der Waals surface area (Å²) >= 11 is 0. The Balaban J connectivity index is 1.58. The molecular weight excluding hydrogens is 509 g/mol. The predicted octanol–water partition coefficient (Wildman–Crippen LogP) is 3.60. The Bertz CT molecular complexity index is 968. The lowest BCUT2D eigenvalue weighted by molar-refractivity contribution is -0.400. The van der Waals surface area contributed by atoms with E-state index in [4.69, 9.17) is 23.7 Å². The Morgan fingerprint density at radius 3 is 1.94 bits per heavy atom. The largest absolute Gasteiger partial charge is 0.460 e. The number of ether oxygens (including phenoxy) is 5. The fourth-order valence-electron chi connectivity index (χ4n) is 4.09. The SMILES string of the molecule is CC1(C)O[C@H]2[C@@H](O1)[C@@H](Cn1cc(C(F)(F)C(F)(F)C(F)(F)C(F)(F)F)nn1)O[C@@H]1OC(C)(C)O[C@@H]12. The van der Waals surface area contributed by atoms with Crippen molar-refractivity contribution in [2.45, 2.75) is 100 Å². The van der Waals surface area contributed by atoms with Crippen LogP contribution in [0.4, 0.5) is 39.5 Å². The molecule has 0 aromatic carbocycles. The molecule has 8 nitrogen and oxygen atoms in total. The van der Waals surface area contributed by atoms with Gasteiger partial charge in [0.05, 0.1) is 12.7 Å². The third kappa shape index (κ3) is 4.18. The van der Waals surface area contributed by atoms with Gasteiger partial charge in [0.15, 0.2) is 23.6 Å². The van der Waals surface area contributed by atoms with Crippen molar-refractivity contribution in [3.8, 4) is 0 Å². The maximum atomic E-state index is 14.2. The Hall–Kier alpha value is -1.69. The van der Waals surface area contributed by atoms with Gasteiger partial charge in [-0.15, -0.1) is 5.10 Å². The number of fused-ring (bicyclic) bond motifs is 3. The van der Waals surface area contributed by atoms with Crippen LogP contribution in [0.1, 0.15) is 33.4 Å². The van der Waals surface area contributed by atoms with Crippen molar-refractivity contribution in [3.05, 3.63) is 11.9 Å². The molecule has 1 aromatic heterocycles. The van der Waals surface area contributed by atoms with Gasteiger partial charge < -0.3 is 23.7 Å². The second-order valence-corrected chi connectivity index (χ2v) is 9.25.